The number of pyridine rings is 2. The molecular weight excluding hydrogens is 548 g/mol. The van der Waals surface area contributed by atoms with Crippen LogP contribution in [0.15, 0.2) is 53.8 Å². The molecule has 0 spiro atoms. The second kappa shape index (κ2) is 12.8. The number of likely N-dealkylation sites (tertiary alicyclic amines) is 1. The maximum Gasteiger partial charge on any atom is 0.411 e. The fourth-order valence-corrected chi connectivity index (χ4v) is 4.95. The summed E-state index contributed by atoms with van der Waals surface area (Å²) < 4.78 is 35.0. The summed E-state index contributed by atoms with van der Waals surface area (Å²) >= 11 is 0. The zero-order valence-electron chi connectivity index (χ0n) is 22.9. The molecule has 2 amide bonds. The third-order valence-corrected chi connectivity index (χ3v) is 7.33. The van der Waals surface area contributed by atoms with Crippen LogP contribution >= 0.6 is 0 Å². The van der Waals surface area contributed by atoms with Crippen molar-refractivity contribution in [3.05, 3.63) is 71.2 Å². The van der Waals surface area contributed by atoms with Gasteiger partial charge < -0.3 is 19.5 Å². The van der Waals surface area contributed by atoms with E-state index in [0.717, 1.165) is 12.7 Å². The van der Waals surface area contributed by atoms with Gasteiger partial charge in [0.25, 0.3) is 0 Å². The largest absolute Gasteiger partial charge is 0.455 e. The van der Waals surface area contributed by atoms with Crippen molar-refractivity contribution in [2.24, 2.45) is 0 Å². The molecule has 4 rings (SSSR count). The normalized spacial score (nSPS) is 14.6. The number of carbonyl (C=O) groups excluding carboxylic acids is 2. The third-order valence-electron chi connectivity index (χ3n) is 6.33. The van der Waals surface area contributed by atoms with Crippen molar-refractivity contribution in [3.63, 3.8) is 0 Å². The Hall–Kier alpha value is -4.47. The molecule has 2 aromatic heterocycles. The van der Waals surface area contributed by atoms with E-state index in [2.05, 4.69) is 27.1 Å². The first-order valence-corrected chi connectivity index (χ1v) is 14.8. The van der Waals surface area contributed by atoms with Crippen LogP contribution in [0.25, 0.3) is 0 Å². The molecule has 0 radical (unpaired) electrons. The lowest BCUT2D eigenvalue weighted by Crippen LogP contribution is -2.28. The molecule has 1 aliphatic heterocycles. The number of benzene rings is 1. The van der Waals surface area contributed by atoms with E-state index < -0.39 is 15.9 Å². The molecule has 11 nitrogen and oxygen atoms in total. The van der Waals surface area contributed by atoms with E-state index in [9.17, 15) is 23.1 Å². The number of amides is 2. The average molecular weight is 579 g/mol. The van der Waals surface area contributed by atoms with Gasteiger partial charge in [-0.1, -0.05) is 12.0 Å². The number of aromatic nitrogens is 2. The van der Waals surface area contributed by atoms with Gasteiger partial charge in [0, 0.05) is 31.5 Å². The molecule has 41 heavy (non-hydrogen) atoms. The quantitative estimate of drug-likeness (QED) is 0.399. The van der Waals surface area contributed by atoms with Crippen LogP contribution in [0.3, 0.4) is 0 Å². The molecule has 0 saturated carbocycles. The van der Waals surface area contributed by atoms with Gasteiger partial charge in [-0.05, 0) is 61.6 Å². The van der Waals surface area contributed by atoms with Gasteiger partial charge in [-0.2, -0.15) is 0 Å². The second-order valence-corrected chi connectivity index (χ2v) is 11.3. The van der Waals surface area contributed by atoms with Crippen LogP contribution in [0, 0.1) is 11.8 Å². The number of sulfone groups is 1. The number of anilines is 1. The van der Waals surface area contributed by atoms with Crippen molar-refractivity contribution in [1.82, 2.24) is 14.9 Å². The van der Waals surface area contributed by atoms with Crippen LogP contribution in [0.4, 0.5) is 10.5 Å². The highest BCUT2D eigenvalue weighted by Crippen LogP contribution is 2.41. The molecule has 0 bridgehead atoms. The Morgan fingerprint density at radius 3 is 2.56 bits per heavy atom. The highest BCUT2D eigenvalue weighted by molar-refractivity contribution is 7.90. The summed E-state index contributed by atoms with van der Waals surface area (Å²) in [6.45, 7) is 3.78. The standard InChI is InChI=1S/C29H30N4O7S/c1-4-39-29(36)32-25-15-24(26-6-5-13-33(26)19(2)35)27(40-23-11-12-28(31-17-23)41(3,37)38)14-21(25)8-10-22-9-7-20(18-34)16-30-22/h7,9,11-12,14-17,26,34H,4-6,13,18H2,1-3H3,(H,32,36). The Bertz CT molecular complexity index is 1600. The lowest BCUT2D eigenvalue weighted by atomic mass is 9.99. The summed E-state index contributed by atoms with van der Waals surface area (Å²) in [6.07, 6.45) is 4.68. The number of rotatable bonds is 7. The molecule has 1 unspecified atom stereocenters. The van der Waals surface area contributed by atoms with Crippen LogP contribution in [0.5, 0.6) is 11.5 Å². The van der Waals surface area contributed by atoms with E-state index >= 15 is 0 Å². The summed E-state index contributed by atoms with van der Waals surface area (Å²) in [5.74, 6) is 6.51. The van der Waals surface area contributed by atoms with Crippen molar-refractivity contribution in [1.29, 1.82) is 0 Å². The van der Waals surface area contributed by atoms with Crippen molar-refractivity contribution in [3.8, 4) is 23.3 Å². The van der Waals surface area contributed by atoms with Crippen LogP contribution in [-0.4, -0.2) is 59.8 Å². The molecule has 1 fully saturated rings. The smallest absolute Gasteiger partial charge is 0.411 e. The van der Waals surface area contributed by atoms with Crippen molar-refractivity contribution >= 4 is 27.5 Å². The van der Waals surface area contributed by atoms with Crippen molar-refractivity contribution in [2.45, 2.75) is 44.4 Å². The molecule has 3 heterocycles. The monoisotopic (exact) mass is 578 g/mol. The summed E-state index contributed by atoms with van der Waals surface area (Å²) in [6, 6.07) is 9.24. The number of nitrogens with one attached hydrogen (secondary N) is 1. The minimum absolute atomic E-state index is 0.0936. The fourth-order valence-electron chi connectivity index (χ4n) is 4.39. The molecular formula is C29H30N4O7S. The Morgan fingerprint density at radius 1 is 1.15 bits per heavy atom. The lowest BCUT2D eigenvalue weighted by Gasteiger charge is -2.26. The molecule has 1 aliphatic rings. The number of ether oxygens (including phenoxy) is 2. The van der Waals surface area contributed by atoms with Gasteiger partial charge in [0.05, 0.1) is 36.7 Å². The topological polar surface area (TPSA) is 148 Å². The van der Waals surface area contributed by atoms with E-state index in [1.54, 1.807) is 36.1 Å². The van der Waals surface area contributed by atoms with Crippen LogP contribution in [0.1, 0.15) is 55.1 Å². The van der Waals surface area contributed by atoms with Gasteiger partial charge in [0.15, 0.2) is 14.9 Å². The number of carbonyl (C=O) groups is 2. The maximum atomic E-state index is 12.4. The molecule has 3 aromatic rings. The number of aliphatic hydroxyl groups excluding tert-OH is 1. The molecule has 214 valence electrons. The minimum atomic E-state index is -3.50. The zero-order valence-corrected chi connectivity index (χ0v) is 23.7. The van der Waals surface area contributed by atoms with Crippen molar-refractivity contribution < 1.29 is 32.6 Å². The van der Waals surface area contributed by atoms with Gasteiger partial charge in [-0.15, -0.1) is 0 Å². The predicted molar refractivity (Wildman–Crippen MR) is 150 cm³/mol. The Balaban J connectivity index is 1.83. The van der Waals surface area contributed by atoms with E-state index in [4.69, 9.17) is 9.47 Å². The van der Waals surface area contributed by atoms with Gasteiger partial charge in [0.1, 0.15) is 17.2 Å². The molecule has 12 heteroatoms. The molecule has 1 aromatic carbocycles. The third kappa shape index (κ3) is 7.39. The SMILES string of the molecule is CCOC(=O)Nc1cc(C2CCCN2C(C)=O)c(Oc2ccc(S(C)(=O)=O)nc2)cc1C#Cc1ccc(CO)cn1. The first-order valence-electron chi connectivity index (χ1n) is 12.9. The van der Waals surface area contributed by atoms with Gasteiger partial charge in [-0.3, -0.25) is 10.1 Å². The zero-order chi connectivity index (χ0) is 29.6. The molecule has 1 atom stereocenters. The van der Waals surface area contributed by atoms with Gasteiger partial charge >= 0.3 is 6.09 Å². The summed E-state index contributed by atoms with van der Waals surface area (Å²) in [5.41, 5.74) is 2.45. The first kappa shape index (κ1) is 29.5. The van der Waals surface area contributed by atoms with E-state index in [1.165, 1.54) is 31.5 Å². The van der Waals surface area contributed by atoms with E-state index in [1.807, 2.05) is 0 Å². The molecule has 2 N–H and O–H groups in total. The summed E-state index contributed by atoms with van der Waals surface area (Å²) in [4.78, 5) is 34.8. The van der Waals surface area contributed by atoms with Crippen LogP contribution in [0.2, 0.25) is 0 Å². The minimum Gasteiger partial charge on any atom is -0.455 e. The Morgan fingerprint density at radius 2 is 1.95 bits per heavy atom. The fraction of sp³-hybridized carbons (Fsp3) is 0.310. The summed E-state index contributed by atoms with van der Waals surface area (Å²) in [7, 11) is -3.50. The van der Waals surface area contributed by atoms with Gasteiger partial charge in [0.2, 0.25) is 5.91 Å². The predicted octanol–water partition coefficient (Wildman–Crippen LogP) is 3.82. The molecule has 1 saturated heterocycles. The summed E-state index contributed by atoms with van der Waals surface area (Å²) in [5, 5.41) is 11.9. The second-order valence-electron chi connectivity index (χ2n) is 9.32. The molecule has 0 aliphatic carbocycles. The number of nitrogens with zero attached hydrogens (tertiary/aromatic N) is 3. The van der Waals surface area contributed by atoms with Gasteiger partial charge in [-0.25, -0.2) is 23.2 Å². The number of hydrogen-bond acceptors (Lipinski definition) is 9. The first-order chi connectivity index (χ1) is 19.6. The number of aliphatic hydroxyl groups is 1. The highest BCUT2D eigenvalue weighted by atomic mass is 32.2. The van der Waals surface area contributed by atoms with E-state index in [-0.39, 0.29) is 35.9 Å². The van der Waals surface area contributed by atoms with E-state index in [0.29, 0.717) is 46.8 Å². The maximum absolute atomic E-state index is 12.4. The Kier molecular flexibility index (Phi) is 9.21. The van der Waals surface area contributed by atoms with Crippen LogP contribution < -0.4 is 10.1 Å². The van der Waals surface area contributed by atoms with Crippen LogP contribution in [-0.2, 0) is 26.0 Å². The van der Waals surface area contributed by atoms with Crippen molar-refractivity contribution in [2.75, 3.05) is 24.7 Å². The number of hydrogen-bond donors (Lipinski definition) is 2. The average Bonchev–Trinajstić information content (AvgIpc) is 3.43. The lowest BCUT2D eigenvalue weighted by molar-refractivity contribution is -0.129. The highest BCUT2D eigenvalue weighted by Gasteiger charge is 2.31. The Labute approximate surface area is 238 Å².